The highest BCUT2D eigenvalue weighted by atomic mass is 16.5. The summed E-state index contributed by atoms with van der Waals surface area (Å²) in [6.07, 6.45) is 4.63. The third kappa shape index (κ3) is 4.80. The minimum Gasteiger partial charge on any atom is -0.475 e. The number of carbonyl (C=O) groups is 1. The van der Waals surface area contributed by atoms with Crippen LogP contribution in [0.15, 0.2) is 48.7 Å². The Balaban J connectivity index is 1.43. The van der Waals surface area contributed by atoms with Crippen molar-refractivity contribution in [3.8, 4) is 5.88 Å². The van der Waals surface area contributed by atoms with Crippen LogP contribution in [0.4, 0.5) is 0 Å². The van der Waals surface area contributed by atoms with Crippen LogP contribution < -0.4 is 10.1 Å². The molecule has 2 heterocycles. The van der Waals surface area contributed by atoms with E-state index in [1.165, 1.54) is 5.56 Å². The van der Waals surface area contributed by atoms with Gasteiger partial charge in [0.1, 0.15) is 6.61 Å². The molecule has 1 saturated heterocycles. The van der Waals surface area contributed by atoms with Gasteiger partial charge in [-0.05, 0) is 30.9 Å². The van der Waals surface area contributed by atoms with Gasteiger partial charge in [-0.1, -0.05) is 30.3 Å². The van der Waals surface area contributed by atoms with Crippen LogP contribution in [0, 0.1) is 0 Å². The zero-order valence-corrected chi connectivity index (χ0v) is 13.6. The fourth-order valence-electron chi connectivity index (χ4n) is 2.62. The molecule has 1 fully saturated rings. The highest BCUT2D eigenvalue weighted by Gasteiger charge is 2.16. The molecule has 1 aromatic heterocycles. The summed E-state index contributed by atoms with van der Waals surface area (Å²) in [5, 5.41) is 2.90. The van der Waals surface area contributed by atoms with Gasteiger partial charge >= 0.3 is 0 Å². The minimum absolute atomic E-state index is 0.121. The van der Waals surface area contributed by atoms with Crippen molar-refractivity contribution in [3.05, 3.63) is 59.8 Å². The Bertz CT molecular complexity index is 637. The van der Waals surface area contributed by atoms with Crippen LogP contribution in [-0.2, 0) is 11.2 Å². The Morgan fingerprint density at radius 3 is 2.83 bits per heavy atom. The van der Waals surface area contributed by atoms with E-state index in [1.807, 2.05) is 30.3 Å². The maximum absolute atomic E-state index is 12.1. The fourth-order valence-corrected chi connectivity index (χ4v) is 2.62. The molecule has 1 aliphatic rings. The topological polar surface area (TPSA) is 60.5 Å². The molecular weight excluding hydrogens is 304 g/mol. The van der Waals surface area contributed by atoms with Crippen molar-refractivity contribution in [2.45, 2.75) is 25.4 Å². The molecule has 5 heteroatoms. The first-order valence-electron chi connectivity index (χ1n) is 8.34. The lowest BCUT2D eigenvalue weighted by Gasteiger charge is -2.11. The first-order chi connectivity index (χ1) is 11.8. The highest BCUT2D eigenvalue weighted by Crippen LogP contribution is 2.14. The van der Waals surface area contributed by atoms with Gasteiger partial charge in [0, 0.05) is 25.4 Å². The monoisotopic (exact) mass is 326 g/mol. The number of carbonyl (C=O) groups excluding carboxylic acids is 1. The van der Waals surface area contributed by atoms with Gasteiger partial charge < -0.3 is 14.8 Å². The molecular formula is C19H22N2O3. The molecule has 2 aromatic rings. The molecule has 0 unspecified atom stereocenters. The van der Waals surface area contributed by atoms with E-state index in [9.17, 15) is 4.79 Å². The van der Waals surface area contributed by atoms with Crippen molar-refractivity contribution >= 4 is 5.91 Å². The van der Waals surface area contributed by atoms with E-state index in [1.54, 1.807) is 18.3 Å². The molecule has 0 radical (unpaired) electrons. The molecule has 24 heavy (non-hydrogen) atoms. The van der Waals surface area contributed by atoms with Gasteiger partial charge in [-0.25, -0.2) is 4.98 Å². The number of hydrogen-bond acceptors (Lipinski definition) is 4. The van der Waals surface area contributed by atoms with E-state index < -0.39 is 0 Å². The standard InChI is InChI=1S/C19H22N2O3/c22-19(20-11-10-15-5-2-1-3-6-15)16-8-9-18(21-13-16)24-14-17-7-4-12-23-17/h1-3,5-6,8-9,13,17H,4,7,10-12,14H2,(H,20,22)/t17-/m0/s1. The third-order valence-electron chi connectivity index (χ3n) is 3.98. The number of aromatic nitrogens is 1. The average molecular weight is 326 g/mol. The second-order valence-electron chi connectivity index (χ2n) is 5.82. The van der Waals surface area contributed by atoms with Crippen LogP contribution in [0.1, 0.15) is 28.8 Å². The maximum Gasteiger partial charge on any atom is 0.252 e. The Kier molecular flexibility index (Phi) is 5.80. The number of nitrogens with one attached hydrogen (secondary N) is 1. The summed E-state index contributed by atoms with van der Waals surface area (Å²) in [5.41, 5.74) is 1.74. The lowest BCUT2D eigenvalue weighted by Crippen LogP contribution is -2.25. The Hall–Kier alpha value is -2.40. The van der Waals surface area contributed by atoms with E-state index in [2.05, 4.69) is 10.3 Å². The Morgan fingerprint density at radius 2 is 2.12 bits per heavy atom. The molecule has 3 rings (SSSR count). The van der Waals surface area contributed by atoms with Crippen molar-refractivity contribution in [1.82, 2.24) is 10.3 Å². The summed E-state index contributed by atoms with van der Waals surface area (Å²) in [4.78, 5) is 16.3. The second kappa shape index (κ2) is 8.45. The van der Waals surface area contributed by atoms with E-state index in [0.29, 0.717) is 24.6 Å². The second-order valence-corrected chi connectivity index (χ2v) is 5.82. The van der Waals surface area contributed by atoms with Crippen molar-refractivity contribution < 1.29 is 14.3 Å². The zero-order valence-electron chi connectivity index (χ0n) is 13.6. The fraction of sp³-hybridized carbons (Fsp3) is 0.368. The lowest BCUT2D eigenvalue weighted by atomic mass is 10.1. The highest BCUT2D eigenvalue weighted by molar-refractivity contribution is 5.93. The van der Waals surface area contributed by atoms with Gasteiger partial charge in [-0.2, -0.15) is 0 Å². The quantitative estimate of drug-likeness (QED) is 0.850. The summed E-state index contributed by atoms with van der Waals surface area (Å²) < 4.78 is 11.1. The van der Waals surface area contributed by atoms with Gasteiger partial charge in [0.25, 0.3) is 5.91 Å². The third-order valence-corrected chi connectivity index (χ3v) is 3.98. The summed E-state index contributed by atoms with van der Waals surface area (Å²) in [7, 11) is 0. The average Bonchev–Trinajstić information content (AvgIpc) is 3.15. The largest absolute Gasteiger partial charge is 0.475 e. The molecule has 0 spiro atoms. The number of rotatable bonds is 7. The molecule has 1 aliphatic heterocycles. The van der Waals surface area contributed by atoms with Gasteiger partial charge in [0.05, 0.1) is 11.7 Å². The summed E-state index contributed by atoms with van der Waals surface area (Å²) in [6.45, 7) is 1.92. The van der Waals surface area contributed by atoms with Crippen LogP contribution in [0.3, 0.4) is 0 Å². The number of nitrogens with zero attached hydrogens (tertiary/aromatic N) is 1. The van der Waals surface area contributed by atoms with Crippen molar-refractivity contribution in [3.63, 3.8) is 0 Å². The summed E-state index contributed by atoms with van der Waals surface area (Å²) >= 11 is 0. The number of amides is 1. The predicted octanol–water partition coefficient (Wildman–Crippen LogP) is 2.61. The van der Waals surface area contributed by atoms with E-state index in [4.69, 9.17) is 9.47 Å². The maximum atomic E-state index is 12.1. The van der Waals surface area contributed by atoms with E-state index >= 15 is 0 Å². The normalized spacial score (nSPS) is 16.8. The van der Waals surface area contributed by atoms with E-state index in [-0.39, 0.29) is 12.0 Å². The first-order valence-corrected chi connectivity index (χ1v) is 8.34. The molecule has 1 aromatic carbocycles. The van der Waals surface area contributed by atoms with Crippen LogP contribution in [-0.4, -0.2) is 36.8 Å². The van der Waals surface area contributed by atoms with Crippen molar-refractivity contribution in [2.75, 3.05) is 19.8 Å². The molecule has 5 nitrogen and oxygen atoms in total. The van der Waals surface area contributed by atoms with Gasteiger partial charge in [-0.15, -0.1) is 0 Å². The number of benzene rings is 1. The molecule has 1 atom stereocenters. The predicted molar refractivity (Wildman–Crippen MR) is 91.2 cm³/mol. The minimum atomic E-state index is -0.121. The number of ether oxygens (including phenoxy) is 2. The van der Waals surface area contributed by atoms with Crippen LogP contribution in [0.25, 0.3) is 0 Å². The van der Waals surface area contributed by atoms with Crippen LogP contribution in [0.2, 0.25) is 0 Å². The zero-order chi connectivity index (χ0) is 16.6. The Labute approximate surface area is 142 Å². The Morgan fingerprint density at radius 1 is 1.25 bits per heavy atom. The van der Waals surface area contributed by atoms with E-state index in [0.717, 1.165) is 25.9 Å². The van der Waals surface area contributed by atoms with Gasteiger partial charge in [0.15, 0.2) is 0 Å². The molecule has 126 valence electrons. The lowest BCUT2D eigenvalue weighted by molar-refractivity contribution is 0.0663. The summed E-state index contributed by atoms with van der Waals surface area (Å²) in [6, 6.07) is 13.5. The molecule has 1 amide bonds. The summed E-state index contributed by atoms with van der Waals surface area (Å²) in [5.74, 6) is 0.399. The van der Waals surface area contributed by atoms with Gasteiger partial charge in [-0.3, -0.25) is 4.79 Å². The molecule has 1 N–H and O–H groups in total. The van der Waals surface area contributed by atoms with Crippen LogP contribution >= 0.6 is 0 Å². The van der Waals surface area contributed by atoms with Gasteiger partial charge in [0.2, 0.25) is 5.88 Å². The van der Waals surface area contributed by atoms with Crippen LogP contribution in [0.5, 0.6) is 5.88 Å². The number of hydrogen-bond donors (Lipinski definition) is 1. The molecule has 0 aliphatic carbocycles. The molecule has 0 bridgehead atoms. The van der Waals surface area contributed by atoms with Crippen molar-refractivity contribution in [1.29, 1.82) is 0 Å². The smallest absolute Gasteiger partial charge is 0.252 e. The number of pyridine rings is 1. The SMILES string of the molecule is O=C(NCCc1ccccc1)c1ccc(OC[C@@H]2CCCO2)nc1. The van der Waals surface area contributed by atoms with Crippen molar-refractivity contribution in [2.24, 2.45) is 0 Å². The first kappa shape index (κ1) is 16.5. The molecule has 0 saturated carbocycles.